The molecule has 0 atom stereocenters. The molecule has 2 aromatic heterocycles. The smallest absolute Gasteiger partial charge is 0.146 e. The number of rotatable bonds is 40. The molecule has 0 radical (unpaired) electrons. The van der Waals surface area contributed by atoms with E-state index in [0.717, 1.165) is 89.4 Å². The van der Waals surface area contributed by atoms with Crippen molar-refractivity contribution in [3.63, 3.8) is 0 Å². The molecule has 6 aromatic rings. The van der Waals surface area contributed by atoms with Crippen molar-refractivity contribution in [2.24, 2.45) is 0 Å². The molecule has 0 spiro atoms. The van der Waals surface area contributed by atoms with E-state index in [1.165, 1.54) is 209 Å². The Morgan fingerprint density at radius 1 is 0.333 bits per heavy atom. The predicted octanol–water partition coefficient (Wildman–Crippen LogP) is 19.6. The topological polar surface area (TPSA) is 81.6 Å². The lowest BCUT2D eigenvalue weighted by Crippen LogP contribution is -2.12. The van der Waals surface area contributed by atoms with Crippen LogP contribution in [0.3, 0.4) is 0 Å². The molecule has 0 aliphatic rings. The number of benzene rings is 4. The Labute approximate surface area is 437 Å². The van der Waals surface area contributed by atoms with E-state index in [2.05, 4.69) is 70.2 Å². The van der Waals surface area contributed by atoms with Gasteiger partial charge in [0, 0.05) is 11.1 Å². The first-order chi connectivity index (χ1) is 35.6. The Bertz CT molecular complexity index is 2340. The highest BCUT2D eigenvalue weighted by Gasteiger charge is 2.28. The Hall–Kier alpha value is -4.52. The number of aromatic hydroxyl groups is 1. The number of phenolic OH excluding ortho intramolecular Hbond substituents is 1. The molecule has 0 saturated heterocycles. The maximum atomic E-state index is 13.0. The average molecular weight is 980 g/mol. The van der Waals surface area contributed by atoms with Gasteiger partial charge in [-0.3, -0.25) is 0 Å². The third-order valence-electron chi connectivity index (χ3n) is 15.4. The number of phenols is 1. The fourth-order valence-electron chi connectivity index (χ4n) is 11.1. The Kier molecular flexibility index (Phi) is 26.3. The summed E-state index contributed by atoms with van der Waals surface area (Å²) in [5.41, 5.74) is 12.3. The molecule has 6 rings (SSSR count). The van der Waals surface area contributed by atoms with Crippen molar-refractivity contribution in [2.45, 2.75) is 265 Å². The number of fused-ring (bicyclic) bond motifs is 2. The van der Waals surface area contributed by atoms with E-state index in [9.17, 15) is 5.11 Å². The first-order valence-electron chi connectivity index (χ1n) is 30.2. The molecule has 72 heavy (non-hydrogen) atoms. The van der Waals surface area contributed by atoms with Gasteiger partial charge in [0.05, 0.1) is 5.69 Å². The fourth-order valence-corrected chi connectivity index (χ4v) is 11.1. The molecule has 0 bridgehead atoms. The van der Waals surface area contributed by atoms with E-state index >= 15 is 0 Å². The number of nitrogens with zero attached hydrogens (tertiary/aromatic N) is 6. The van der Waals surface area contributed by atoms with Crippen molar-refractivity contribution in [3.8, 4) is 28.3 Å². The van der Waals surface area contributed by atoms with Crippen LogP contribution < -0.4 is 0 Å². The second-order valence-corrected chi connectivity index (χ2v) is 21.6. The summed E-state index contributed by atoms with van der Waals surface area (Å²) in [7, 11) is 0. The molecule has 1 N–H and O–H groups in total. The quantitative estimate of drug-likeness (QED) is 0.0388. The number of hydrogen-bond donors (Lipinski definition) is 1. The third-order valence-corrected chi connectivity index (χ3v) is 15.4. The maximum Gasteiger partial charge on any atom is 0.146 e. The maximum absolute atomic E-state index is 13.0. The summed E-state index contributed by atoms with van der Waals surface area (Å²) in [6.45, 7) is 9.20. The van der Waals surface area contributed by atoms with Gasteiger partial charge < -0.3 is 5.11 Å². The van der Waals surface area contributed by atoms with Crippen molar-refractivity contribution < 1.29 is 5.11 Å². The summed E-state index contributed by atoms with van der Waals surface area (Å²) < 4.78 is 0. The molecular formula is C65H98N6O. The van der Waals surface area contributed by atoms with Gasteiger partial charge in [0.1, 0.15) is 33.5 Å². The number of aromatic nitrogens is 6. The minimum Gasteiger partial charge on any atom is -0.505 e. The van der Waals surface area contributed by atoms with Crippen molar-refractivity contribution in [3.05, 3.63) is 89.0 Å². The summed E-state index contributed by atoms with van der Waals surface area (Å²) >= 11 is 0. The summed E-state index contributed by atoms with van der Waals surface area (Å²) in [5.74, 6) is 0.314. The molecule has 0 unspecified atom stereocenters. The first-order valence-corrected chi connectivity index (χ1v) is 30.2. The van der Waals surface area contributed by atoms with E-state index in [-0.39, 0.29) is 0 Å². The van der Waals surface area contributed by atoms with Crippen LogP contribution in [-0.4, -0.2) is 35.1 Å². The highest BCUT2D eigenvalue weighted by atomic mass is 16.3. The molecule has 4 aromatic carbocycles. The van der Waals surface area contributed by atoms with Gasteiger partial charge in [-0.2, -0.15) is 0 Å². The van der Waals surface area contributed by atoms with Crippen molar-refractivity contribution in [1.82, 2.24) is 30.0 Å². The van der Waals surface area contributed by atoms with E-state index in [4.69, 9.17) is 20.4 Å². The van der Waals surface area contributed by atoms with Gasteiger partial charge >= 0.3 is 0 Å². The van der Waals surface area contributed by atoms with E-state index < -0.39 is 0 Å². The Balaban J connectivity index is 1.47. The molecule has 0 fully saturated rings. The first kappa shape index (κ1) is 56.8. The van der Waals surface area contributed by atoms with Crippen LogP contribution in [0.5, 0.6) is 5.75 Å². The van der Waals surface area contributed by atoms with Crippen LogP contribution in [-0.2, 0) is 25.7 Å². The van der Waals surface area contributed by atoms with Crippen molar-refractivity contribution in [2.75, 3.05) is 0 Å². The van der Waals surface area contributed by atoms with Crippen LogP contribution in [0.1, 0.15) is 262 Å². The van der Waals surface area contributed by atoms with Gasteiger partial charge in [-0.25, -0.2) is 0 Å². The normalized spacial score (nSPS) is 11.8. The van der Waals surface area contributed by atoms with Gasteiger partial charge in [-0.15, -0.1) is 30.0 Å². The molecule has 0 saturated carbocycles. The zero-order valence-corrected chi connectivity index (χ0v) is 46.1. The molecule has 0 aliphatic carbocycles. The molecule has 2 heterocycles. The van der Waals surface area contributed by atoms with Crippen LogP contribution >= 0.6 is 0 Å². The summed E-state index contributed by atoms with van der Waals surface area (Å²) in [4.78, 5) is 3.72. The van der Waals surface area contributed by atoms with E-state index in [1.54, 1.807) is 4.80 Å². The van der Waals surface area contributed by atoms with Crippen LogP contribution in [0.2, 0.25) is 0 Å². The monoisotopic (exact) mass is 979 g/mol. The van der Waals surface area contributed by atoms with Crippen LogP contribution in [0.15, 0.2) is 66.7 Å². The highest BCUT2D eigenvalue weighted by Crippen LogP contribution is 2.45. The average Bonchev–Trinajstić information content (AvgIpc) is 4.04. The fraction of sp³-hybridized carbons (Fsp3) is 0.631. The van der Waals surface area contributed by atoms with Gasteiger partial charge in [0.25, 0.3) is 0 Å². The summed E-state index contributed by atoms with van der Waals surface area (Å²) in [6, 6.07) is 23.8. The van der Waals surface area contributed by atoms with Gasteiger partial charge in [-0.05, 0) is 104 Å². The minimum absolute atomic E-state index is 0.314. The molecule has 7 heteroatoms. The highest BCUT2D eigenvalue weighted by molar-refractivity contribution is 5.89. The number of aryl methyl sites for hydroxylation is 4. The lowest BCUT2D eigenvalue weighted by molar-refractivity contribution is 0.458. The largest absolute Gasteiger partial charge is 0.505 e. The lowest BCUT2D eigenvalue weighted by atomic mass is 9.84. The molecule has 0 aliphatic heterocycles. The Morgan fingerprint density at radius 2 is 0.653 bits per heavy atom. The van der Waals surface area contributed by atoms with E-state index in [0.29, 0.717) is 11.4 Å². The molecule has 7 nitrogen and oxygen atoms in total. The number of hydrogen-bond acceptors (Lipinski definition) is 5. The minimum atomic E-state index is 0.314. The molecule has 0 amide bonds. The van der Waals surface area contributed by atoms with E-state index in [1.807, 2.05) is 29.1 Å². The zero-order valence-electron chi connectivity index (χ0n) is 46.1. The number of unbranched alkanes of at least 4 members (excludes halogenated alkanes) is 29. The summed E-state index contributed by atoms with van der Waals surface area (Å²) in [5, 5.41) is 33.9. The van der Waals surface area contributed by atoms with Gasteiger partial charge in [-0.1, -0.05) is 250 Å². The zero-order chi connectivity index (χ0) is 50.4. The second-order valence-electron chi connectivity index (χ2n) is 21.6. The van der Waals surface area contributed by atoms with Crippen LogP contribution in [0.4, 0.5) is 0 Å². The second kappa shape index (κ2) is 33.3. The van der Waals surface area contributed by atoms with Gasteiger partial charge in [0.15, 0.2) is 0 Å². The van der Waals surface area contributed by atoms with Crippen LogP contribution in [0.25, 0.3) is 44.6 Å². The SMILES string of the molecule is CCCCCCCCCCCc1cc(CCCCCCCCCC)c(-c2c(CCCCCCCCCC)cc(CCCCCCCCCC)c(O)c2-n2nc3ccccc3n2)c(-n2nc3ccccc3n2)c1. The summed E-state index contributed by atoms with van der Waals surface area (Å²) in [6.07, 6.45) is 45.9. The predicted molar refractivity (Wildman–Crippen MR) is 308 cm³/mol. The lowest BCUT2D eigenvalue weighted by Gasteiger charge is -2.24. The molecular weight excluding hydrogens is 881 g/mol. The van der Waals surface area contributed by atoms with Crippen molar-refractivity contribution >= 4 is 22.1 Å². The Morgan fingerprint density at radius 3 is 1.04 bits per heavy atom. The standard InChI is InChI=1S/C65H98N6O/c1-5-9-13-17-21-25-26-30-34-42-53-50-54(43-35-31-27-22-18-14-10-6-2)62(61(51-53)70-66-57-46-38-39-47-58(57)67-70)63-55(44-36-32-28-23-19-15-11-7-3)52-56(45-37-33-29-24-20-16-12-8-4)65(72)64(63)71-68-59-48-40-41-49-60(59)69-71/h38-41,46-52,72H,5-37,42-45H2,1-4H3. The van der Waals surface area contributed by atoms with Gasteiger partial charge in [0.2, 0.25) is 0 Å². The van der Waals surface area contributed by atoms with Crippen LogP contribution in [0, 0.1) is 0 Å². The molecule has 394 valence electrons. The third kappa shape index (κ3) is 18.1. The van der Waals surface area contributed by atoms with Crippen molar-refractivity contribution in [1.29, 1.82) is 0 Å².